The lowest BCUT2D eigenvalue weighted by Gasteiger charge is -2.37. The van der Waals surface area contributed by atoms with Crippen LogP contribution in [-0.4, -0.2) is 64.9 Å². The van der Waals surface area contributed by atoms with Crippen LogP contribution in [0.2, 0.25) is 0 Å². The maximum absolute atomic E-state index is 14.0. The van der Waals surface area contributed by atoms with E-state index in [0.29, 0.717) is 43.6 Å². The molecular formula is C22H26FN5O2. The summed E-state index contributed by atoms with van der Waals surface area (Å²) >= 11 is 0. The van der Waals surface area contributed by atoms with E-state index in [1.807, 2.05) is 6.92 Å². The van der Waals surface area contributed by atoms with Gasteiger partial charge >= 0.3 is 0 Å². The normalized spacial score (nSPS) is 18.0. The van der Waals surface area contributed by atoms with E-state index in [0.717, 1.165) is 12.8 Å². The van der Waals surface area contributed by atoms with E-state index in [1.165, 1.54) is 6.07 Å². The third kappa shape index (κ3) is 4.59. The van der Waals surface area contributed by atoms with E-state index < -0.39 is 5.82 Å². The van der Waals surface area contributed by atoms with E-state index >= 15 is 0 Å². The Balaban J connectivity index is 1.39. The molecule has 1 saturated carbocycles. The van der Waals surface area contributed by atoms with Crippen LogP contribution >= 0.6 is 0 Å². The number of hydrogen-bond donors (Lipinski definition) is 2. The zero-order valence-corrected chi connectivity index (χ0v) is 17.0. The number of aromatic nitrogens is 1. The highest BCUT2D eigenvalue weighted by atomic mass is 19.1. The second-order valence-corrected chi connectivity index (χ2v) is 7.79. The van der Waals surface area contributed by atoms with Crippen molar-refractivity contribution in [1.82, 2.24) is 20.1 Å². The molecule has 2 heterocycles. The fraction of sp³-hybridized carbons (Fsp3) is 0.409. The van der Waals surface area contributed by atoms with Crippen LogP contribution in [0.5, 0.6) is 0 Å². The maximum atomic E-state index is 14.0. The number of nitrogens with zero attached hydrogens (tertiary/aromatic N) is 3. The molecule has 1 unspecified atom stereocenters. The van der Waals surface area contributed by atoms with Crippen molar-refractivity contribution in [2.75, 3.05) is 31.5 Å². The summed E-state index contributed by atoms with van der Waals surface area (Å²) < 4.78 is 14.0. The average molecular weight is 411 g/mol. The number of carbonyl (C=O) groups is 2. The molecule has 7 nitrogen and oxygen atoms in total. The first kappa shape index (κ1) is 20.3. The van der Waals surface area contributed by atoms with Crippen molar-refractivity contribution < 1.29 is 14.0 Å². The third-order valence-corrected chi connectivity index (χ3v) is 5.62. The number of piperazine rings is 1. The number of anilines is 2. The number of carbonyl (C=O) groups excluding carboxylic acids is 2. The molecule has 2 fully saturated rings. The lowest BCUT2D eigenvalue weighted by Crippen LogP contribution is -2.55. The quantitative estimate of drug-likeness (QED) is 0.763. The van der Waals surface area contributed by atoms with E-state index in [1.54, 1.807) is 41.4 Å². The highest BCUT2D eigenvalue weighted by Crippen LogP contribution is 2.23. The number of rotatable bonds is 6. The summed E-state index contributed by atoms with van der Waals surface area (Å²) in [6.07, 6.45) is 3.70. The Morgan fingerprint density at radius 1 is 1.10 bits per heavy atom. The van der Waals surface area contributed by atoms with Crippen molar-refractivity contribution in [1.29, 1.82) is 0 Å². The molecule has 1 aliphatic carbocycles. The zero-order chi connectivity index (χ0) is 21.1. The Labute approximate surface area is 175 Å². The van der Waals surface area contributed by atoms with Crippen LogP contribution in [0.4, 0.5) is 15.9 Å². The summed E-state index contributed by atoms with van der Waals surface area (Å²) in [5.41, 5.74) is 0.666. The summed E-state index contributed by atoms with van der Waals surface area (Å²) in [7, 11) is 0. The van der Waals surface area contributed by atoms with Crippen LogP contribution in [0.25, 0.3) is 0 Å². The fourth-order valence-electron chi connectivity index (χ4n) is 3.57. The lowest BCUT2D eigenvalue weighted by molar-refractivity contribution is -0.126. The van der Waals surface area contributed by atoms with E-state index in [-0.39, 0.29) is 23.5 Å². The van der Waals surface area contributed by atoms with Crippen molar-refractivity contribution in [3.05, 3.63) is 54.0 Å². The van der Waals surface area contributed by atoms with Gasteiger partial charge in [0.25, 0.3) is 5.91 Å². The minimum absolute atomic E-state index is 0.0564. The van der Waals surface area contributed by atoms with Gasteiger partial charge < -0.3 is 15.5 Å². The van der Waals surface area contributed by atoms with Gasteiger partial charge in [0.2, 0.25) is 5.91 Å². The van der Waals surface area contributed by atoms with Crippen molar-refractivity contribution in [3.8, 4) is 0 Å². The van der Waals surface area contributed by atoms with Crippen LogP contribution < -0.4 is 10.6 Å². The minimum atomic E-state index is -0.409. The molecule has 1 aromatic carbocycles. The first-order valence-electron chi connectivity index (χ1n) is 10.3. The first-order valence-corrected chi connectivity index (χ1v) is 10.3. The van der Waals surface area contributed by atoms with E-state index in [2.05, 4.69) is 20.5 Å². The second-order valence-electron chi connectivity index (χ2n) is 7.79. The lowest BCUT2D eigenvalue weighted by atomic mass is 10.1. The molecule has 0 radical (unpaired) electrons. The molecule has 2 amide bonds. The molecule has 30 heavy (non-hydrogen) atoms. The first-order chi connectivity index (χ1) is 14.5. The predicted octanol–water partition coefficient (Wildman–Crippen LogP) is 2.39. The molecule has 1 atom stereocenters. The molecule has 2 aromatic rings. The fourth-order valence-corrected chi connectivity index (χ4v) is 3.57. The minimum Gasteiger partial charge on any atom is -0.352 e. The number of halogens is 1. The van der Waals surface area contributed by atoms with E-state index in [4.69, 9.17) is 0 Å². The SMILES string of the molecule is CC(C(=O)NC1CC1)N1CCN(C(=O)c2cccnc2Nc2ccccc2F)CC1. The van der Waals surface area contributed by atoms with Gasteiger partial charge in [-0.3, -0.25) is 14.5 Å². The van der Waals surface area contributed by atoms with Crippen LogP contribution in [0.15, 0.2) is 42.6 Å². The second kappa shape index (κ2) is 8.79. The highest BCUT2D eigenvalue weighted by molar-refractivity contribution is 5.99. The Morgan fingerprint density at radius 2 is 1.83 bits per heavy atom. The van der Waals surface area contributed by atoms with Gasteiger partial charge in [-0.1, -0.05) is 12.1 Å². The summed E-state index contributed by atoms with van der Waals surface area (Å²) in [5.74, 6) is -0.182. The van der Waals surface area contributed by atoms with Gasteiger partial charge in [0.05, 0.1) is 17.3 Å². The maximum Gasteiger partial charge on any atom is 0.257 e. The van der Waals surface area contributed by atoms with Gasteiger partial charge in [-0.15, -0.1) is 0 Å². The van der Waals surface area contributed by atoms with Gasteiger partial charge in [0.1, 0.15) is 11.6 Å². The van der Waals surface area contributed by atoms with Crippen molar-refractivity contribution in [3.63, 3.8) is 0 Å². The number of pyridine rings is 1. The van der Waals surface area contributed by atoms with Crippen molar-refractivity contribution in [2.24, 2.45) is 0 Å². The predicted molar refractivity (Wildman–Crippen MR) is 112 cm³/mol. The zero-order valence-electron chi connectivity index (χ0n) is 17.0. The Hall–Kier alpha value is -3.00. The van der Waals surface area contributed by atoms with E-state index in [9.17, 15) is 14.0 Å². The molecule has 0 bridgehead atoms. The Morgan fingerprint density at radius 3 is 2.53 bits per heavy atom. The smallest absolute Gasteiger partial charge is 0.257 e. The molecule has 4 rings (SSSR count). The van der Waals surface area contributed by atoms with Crippen LogP contribution in [0.1, 0.15) is 30.1 Å². The molecule has 0 spiro atoms. The molecular weight excluding hydrogens is 385 g/mol. The summed E-state index contributed by atoms with van der Waals surface area (Å²) in [4.78, 5) is 33.5. The number of benzene rings is 1. The number of para-hydroxylation sites is 1. The van der Waals surface area contributed by atoms with Crippen LogP contribution in [0, 0.1) is 5.82 Å². The number of amides is 2. The summed E-state index contributed by atoms with van der Waals surface area (Å²) in [5, 5.41) is 5.97. The van der Waals surface area contributed by atoms with Crippen molar-refractivity contribution >= 4 is 23.3 Å². The molecule has 1 saturated heterocycles. The van der Waals surface area contributed by atoms with Gasteiger partial charge in [0, 0.05) is 38.4 Å². The number of hydrogen-bond acceptors (Lipinski definition) is 5. The molecule has 158 valence electrons. The number of nitrogens with one attached hydrogen (secondary N) is 2. The standard InChI is InChI=1S/C22H26FN5O2/c1-15(21(29)25-16-8-9-16)27-11-13-28(14-12-27)22(30)17-5-4-10-24-20(17)26-19-7-3-2-6-18(19)23/h2-7,10,15-16H,8-9,11-14H2,1H3,(H,24,26)(H,25,29). The summed E-state index contributed by atoms with van der Waals surface area (Å²) in [6, 6.07) is 9.80. The van der Waals surface area contributed by atoms with Crippen molar-refractivity contribution in [2.45, 2.75) is 31.8 Å². The molecule has 1 aromatic heterocycles. The summed E-state index contributed by atoms with van der Waals surface area (Å²) in [6.45, 7) is 4.21. The molecule has 8 heteroatoms. The Kier molecular flexibility index (Phi) is 5.94. The Bertz CT molecular complexity index is 925. The van der Waals surface area contributed by atoms with Gasteiger partial charge in [-0.05, 0) is 44.0 Å². The molecule has 2 N–H and O–H groups in total. The largest absolute Gasteiger partial charge is 0.352 e. The topological polar surface area (TPSA) is 77.6 Å². The van der Waals surface area contributed by atoms with Gasteiger partial charge in [-0.2, -0.15) is 0 Å². The molecule has 1 aliphatic heterocycles. The van der Waals surface area contributed by atoms with Crippen LogP contribution in [-0.2, 0) is 4.79 Å². The monoisotopic (exact) mass is 411 g/mol. The highest BCUT2D eigenvalue weighted by Gasteiger charge is 2.31. The van der Waals surface area contributed by atoms with Gasteiger partial charge in [0.15, 0.2) is 0 Å². The average Bonchev–Trinajstić information content (AvgIpc) is 3.59. The van der Waals surface area contributed by atoms with Crippen LogP contribution in [0.3, 0.4) is 0 Å². The third-order valence-electron chi connectivity index (χ3n) is 5.62. The van der Waals surface area contributed by atoms with Gasteiger partial charge in [-0.25, -0.2) is 9.37 Å². The molecule has 2 aliphatic rings.